The number of allylic oxidation sites excluding steroid dienone is 4. The Hall–Kier alpha value is -2.17. The normalized spacial score (nSPS) is 22.8. The molecule has 0 saturated carbocycles. The zero-order valence-corrected chi connectivity index (χ0v) is 7.73. The minimum atomic E-state index is -0.378. The summed E-state index contributed by atoms with van der Waals surface area (Å²) in [4.78, 5) is 22.5. The van der Waals surface area contributed by atoms with Crippen LogP contribution in [-0.2, 0) is 9.59 Å². The lowest BCUT2D eigenvalue weighted by Crippen LogP contribution is -2.26. The van der Waals surface area contributed by atoms with E-state index in [1.54, 1.807) is 12.2 Å². The first kappa shape index (κ1) is 9.39. The summed E-state index contributed by atoms with van der Waals surface area (Å²) < 4.78 is 0. The molecule has 5 nitrogen and oxygen atoms in total. The maximum atomic E-state index is 11.3. The first-order valence-electron chi connectivity index (χ1n) is 4.38. The van der Waals surface area contributed by atoms with Gasteiger partial charge in [0, 0.05) is 12.0 Å². The van der Waals surface area contributed by atoms with Crippen LogP contribution in [0.5, 0.6) is 0 Å². The van der Waals surface area contributed by atoms with Crippen LogP contribution in [0, 0.1) is 0 Å². The molecule has 15 heavy (non-hydrogen) atoms. The quantitative estimate of drug-likeness (QED) is 0.338. The SMILES string of the molecule is O=C1CC=CC2=C(C=CC(=O)C2=NO)N1. The molecule has 0 aromatic rings. The molecular weight excluding hydrogens is 196 g/mol. The molecule has 2 N–H and O–H groups in total. The Morgan fingerprint density at radius 1 is 1.27 bits per heavy atom. The largest absolute Gasteiger partial charge is 0.410 e. The summed E-state index contributed by atoms with van der Waals surface area (Å²) in [5.41, 5.74) is 0.878. The van der Waals surface area contributed by atoms with Crippen molar-refractivity contribution in [3.8, 4) is 0 Å². The van der Waals surface area contributed by atoms with Crippen LogP contribution < -0.4 is 5.32 Å². The van der Waals surface area contributed by atoms with Gasteiger partial charge < -0.3 is 10.5 Å². The van der Waals surface area contributed by atoms with Gasteiger partial charge in [-0.25, -0.2) is 0 Å². The Morgan fingerprint density at radius 2 is 2.07 bits per heavy atom. The van der Waals surface area contributed by atoms with Gasteiger partial charge in [-0.2, -0.15) is 0 Å². The Bertz CT molecular complexity index is 455. The molecule has 0 saturated heterocycles. The second kappa shape index (κ2) is 3.53. The molecule has 1 amide bonds. The third-order valence-electron chi connectivity index (χ3n) is 2.14. The summed E-state index contributed by atoms with van der Waals surface area (Å²) in [6.07, 6.45) is 6.22. The summed E-state index contributed by atoms with van der Waals surface area (Å²) >= 11 is 0. The summed E-state index contributed by atoms with van der Waals surface area (Å²) in [5, 5.41) is 14.3. The van der Waals surface area contributed by atoms with Gasteiger partial charge in [0.2, 0.25) is 11.7 Å². The highest BCUT2D eigenvalue weighted by Crippen LogP contribution is 2.17. The molecule has 0 unspecified atom stereocenters. The number of carbonyl (C=O) groups excluding carboxylic acids is 2. The molecule has 0 atom stereocenters. The van der Waals surface area contributed by atoms with Gasteiger partial charge in [-0.05, 0) is 12.2 Å². The Labute approximate surface area is 85.5 Å². The van der Waals surface area contributed by atoms with Crippen molar-refractivity contribution in [3.63, 3.8) is 0 Å². The predicted octanol–water partition coefficient (Wildman–Crippen LogP) is 0.286. The average Bonchev–Trinajstić information content (AvgIpc) is 2.39. The van der Waals surface area contributed by atoms with E-state index in [0.717, 1.165) is 0 Å². The van der Waals surface area contributed by atoms with E-state index in [-0.39, 0.29) is 23.8 Å². The van der Waals surface area contributed by atoms with Crippen molar-refractivity contribution in [1.29, 1.82) is 0 Å². The van der Waals surface area contributed by atoms with Crippen molar-refractivity contribution in [3.05, 3.63) is 35.6 Å². The fraction of sp³-hybridized carbons (Fsp3) is 0.100. The van der Waals surface area contributed by atoms with Gasteiger partial charge in [0.1, 0.15) is 0 Å². The van der Waals surface area contributed by atoms with Crippen LogP contribution in [0.3, 0.4) is 0 Å². The third-order valence-corrected chi connectivity index (χ3v) is 2.14. The summed E-state index contributed by atoms with van der Waals surface area (Å²) in [7, 11) is 0. The fourth-order valence-electron chi connectivity index (χ4n) is 1.45. The number of oxime groups is 1. The Kier molecular flexibility index (Phi) is 2.21. The van der Waals surface area contributed by atoms with Gasteiger partial charge in [-0.3, -0.25) is 9.59 Å². The molecular formula is C10H8N2O3. The molecule has 1 aliphatic carbocycles. The monoisotopic (exact) mass is 204 g/mol. The molecule has 1 aliphatic heterocycles. The Balaban J connectivity index is 2.52. The van der Waals surface area contributed by atoms with Crippen molar-refractivity contribution in [2.45, 2.75) is 6.42 Å². The summed E-state index contributed by atoms with van der Waals surface area (Å²) in [6.45, 7) is 0. The minimum absolute atomic E-state index is 0.0500. The van der Waals surface area contributed by atoms with Gasteiger partial charge in [0.15, 0.2) is 5.71 Å². The second-order valence-electron chi connectivity index (χ2n) is 3.13. The lowest BCUT2D eigenvalue weighted by molar-refractivity contribution is -0.119. The van der Waals surface area contributed by atoms with Crippen molar-refractivity contribution in [2.24, 2.45) is 5.16 Å². The number of nitrogens with zero attached hydrogens (tertiary/aromatic N) is 1. The standard InChI is InChI=1S/C10H8N2O3/c13-8-5-4-7-6(10(8)12-15)2-1-3-9(14)11-7/h1-2,4-5,15H,3H2,(H,11,14). The molecule has 0 radical (unpaired) electrons. The van der Waals surface area contributed by atoms with Crippen molar-refractivity contribution < 1.29 is 14.8 Å². The highest BCUT2D eigenvalue weighted by molar-refractivity contribution is 6.51. The minimum Gasteiger partial charge on any atom is -0.410 e. The second-order valence-corrected chi connectivity index (χ2v) is 3.13. The van der Waals surface area contributed by atoms with Gasteiger partial charge in [0.25, 0.3) is 0 Å². The van der Waals surface area contributed by atoms with E-state index in [0.29, 0.717) is 11.3 Å². The number of rotatable bonds is 0. The van der Waals surface area contributed by atoms with E-state index in [2.05, 4.69) is 10.5 Å². The van der Waals surface area contributed by atoms with E-state index < -0.39 is 0 Å². The molecule has 2 rings (SSSR count). The van der Waals surface area contributed by atoms with E-state index in [9.17, 15) is 9.59 Å². The third kappa shape index (κ3) is 1.59. The number of ketones is 1. The molecule has 0 bridgehead atoms. The van der Waals surface area contributed by atoms with Gasteiger partial charge >= 0.3 is 0 Å². The lowest BCUT2D eigenvalue weighted by atomic mass is 9.99. The summed E-state index contributed by atoms with van der Waals surface area (Å²) in [6, 6.07) is 0. The lowest BCUT2D eigenvalue weighted by Gasteiger charge is -2.12. The van der Waals surface area contributed by atoms with Crippen molar-refractivity contribution >= 4 is 17.4 Å². The number of hydrogen-bond acceptors (Lipinski definition) is 4. The van der Waals surface area contributed by atoms with Crippen LogP contribution in [0.4, 0.5) is 0 Å². The number of amides is 1. The highest BCUT2D eigenvalue weighted by atomic mass is 16.4. The van der Waals surface area contributed by atoms with Crippen LogP contribution in [0.25, 0.3) is 0 Å². The topological polar surface area (TPSA) is 78.8 Å². The maximum absolute atomic E-state index is 11.3. The average molecular weight is 204 g/mol. The smallest absolute Gasteiger partial charge is 0.228 e. The predicted molar refractivity (Wildman–Crippen MR) is 52.3 cm³/mol. The fourth-order valence-corrected chi connectivity index (χ4v) is 1.45. The number of carbonyl (C=O) groups is 2. The number of nitrogens with one attached hydrogen (secondary N) is 1. The molecule has 1 heterocycles. The van der Waals surface area contributed by atoms with Crippen molar-refractivity contribution in [2.75, 3.05) is 0 Å². The molecule has 2 aliphatic rings. The van der Waals surface area contributed by atoms with E-state index >= 15 is 0 Å². The van der Waals surface area contributed by atoms with Crippen LogP contribution in [0.1, 0.15) is 6.42 Å². The molecule has 0 aromatic carbocycles. The first-order valence-corrected chi connectivity index (χ1v) is 4.38. The zero-order valence-electron chi connectivity index (χ0n) is 7.73. The molecule has 0 spiro atoms. The van der Waals surface area contributed by atoms with Gasteiger partial charge in [-0.1, -0.05) is 17.3 Å². The number of hydrogen-bond donors (Lipinski definition) is 2. The van der Waals surface area contributed by atoms with Crippen molar-refractivity contribution in [1.82, 2.24) is 5.32 Å². The van der Waals surface area contributed by atoms with Crippen LogP contribution in [0.15, 0.2) is 40.7 Å². The first-order chi connectivity index (χ1) is 7.22. The molecule has 76 valence electrons. The maximum Gasteiger partial charge on any atom is 0.228 e. The van der Waals surface area contributed by atoms with Gasteiger partial charge in [-0.15, -0.1) is 0 Å². The van der Waals surface area contributed by atoms with Crippen LogP contribution in [0.2, 0.25) is 0 Å². The van der Waals surface area contributed by atoms with Gasteiger partial charge in [0.05, 0.1) is 5.70 Å². The molecule has 5 heteroatoms. The van der Waals surface area contributed by atoms with Crippen LogP contribution in [-0.4, -0.2) is 22.6 Å². The highest BCUT2D eigenvalue weighted by Gasteiger charge is 2.23. The van der Waals surface area contributed by atoms with E-state index in [1.165, 1.54) is 12.2 Å². The Morgan fingerprint density at radius 3 is 2.80 bits per heavy atom. The van der Waals surface area contributed by atoms with E-state index in [4.69, 9.17) is 5.21 Å². The molecule has 0 aromatic heterocycles. The van der Waals surface area contributed by atoms with E-state index in [1.807, 2.05) is 0 Å². The summed E-state index contributed by atoms with van der Waals surface area (Å²) in [5.74, 6) is -0.537. The van der Waals surface area contributed by atoms with Crippen LogP contribution >= 0.6 is 0 Å². The zero-order chi connectivity index (χ0) is 10.8. The molecule has 0 fully saturated rings.